The van der Waals surface area contributed by atoms with Crippen molar-refractivity contribution >= 4 is 33.4 Å². The maximum absolute atomic E-state index is 12.6. The second-order valence-electron chi connectivity index (χ2n) is 7.41. The fourth-order valence-electron chi connectivity index (χ4n) is 3.86. The highest BCUT2D eigenvalue weighted by atomic mass is 32.2. The lowest BCUT2D eigenvalue weighted by Crippen LogP contribution is -2.38. The Balaban J connectivity index is 1.60. The van der Waals surface area contributed by atoms with E-state index in [9.17, 15) is 22.8 Å². The number of carbonyl (C=O) groups is 3. The number of anilines is 1. The summed E-state index contributed by atoms with van der Waals surface area (Å²) < 4.78 is 25.8. The van der Waals surface area contributed by atoms with Crippen LogP contribution in [0.5, 0.6) is 0 Å². The summed E-state index contributed by atoms with van der Waals surface area (Å²) in [4.78, 5) is 37.6. The smallest absolute Gasteiger partial charge is 0.264 e. The molecule has 1 aromatic carbocycles. The van der Waals surface area contributed by atoms with E-state index in [-0.39, 0.29) is 29.2 Å². The van der Waals surface area contributed by atoms with Crippen LogP contribution in [0.1, 0.15) is 45.4 Å². The predicted octanol–water partition coefficient (Wildman–Crippen LogP) is 1.63. The van der Waals surface area contributed by atoms with Gasteiger partial charge in [0.1, 0.15) is 0 Å². The van der Waals surface area contributed by atoms with Crippen LogP contribution in [0, 0.1) is 5.92 Å². The zero-order chi connectivity index (χ0) is 20.3. The molecule has 2 fully saturated rings. The number of amides is 3. The summed E-state index contributed by atoms with van der Waals surface area (Å²) in [5.41, 5.74) is 0.440. The van der Waals surface area contributed by atoms with Gasteiger partial charge < -0.3 is 10.2 Å². The highest BCUT2D eigenvalue weighted by Gasteiger charge is 2.38. The van der Waals surface area contributed by atoms with Crippen LogP contribution < -0.4 is 10.0 Å². The summed E-state index contributed by atoms with van der Waals surface area (Å²) in [6.07, 6.45) is 5.67. The normalized spacial score (nSPS) is 20.8. The van der Waals surface area contributed by atoms with E-state index >= 15 is 0 Å². The number of likely N-dealkylation sites (tertiary alicyclic amines) is 1. The first kappa shape index (κ1) is 20.3. The lowest BCUT2D eigenvalue weighted by atomic mass is 9.94. The summed E-state index contributed by atoms with van der Waals surface area (Å²) >= 11 is 0. The largest absolute Gasteiger partial charge is 0.339 e. The molecule has 152 valence electrons. The van der Waals surface area contributed by atoms with Gasteiger partial charge in [0, 0.05) is 31.6 Å². The minimum atomic E-state index is -3.91. The molecule has 1 saturated heterocycles. The van der Waals surface area contributed by atoms with Gasteiger partial charge in [-0.05, 0) is 37.1 Å². The van der Waals surface area contributed by atoms with E-state index in [0.717, 1.165) is 32.6 Å². The Morgan fingerprint density at radius 1 is 1.07 bits per heavy atom. The maximum atomic E-state index is 12.6. The minimum Gasteiger partial charge on any atom is -0.339 e. The van der Waals surface area contributed by atoms with Crippen LogP contribution in [0.3, 0.4) is 0 Å². The zero-order valence-corrected chi connectivity index (χ0v) is 16.6. The third-order valence-electron chi connectivity index (χ3n) is 5.25. The van der Waals surface area contributed by atoms with E-state index in [2.05, 4.69) is 5.32 Å². The summed E-state index contributed by atoms with van der Waals surface area (Å²) in [5.74, 6) is -1.30. The molecule has 8 nitrogen and oxygen atoms in total. The molecular formula is C19H25N3O5S. The Labute approximate surface area is 164 Å². The standard InChI is InChI=1S/C19H25N3O5S/c1-13(23)21-28(26,27)17-9-7-15(8-10-17)20-19(25)14-11-18(24)22(12-14)16-5-3-2-4-6-16/h7-10,14,16H,2-6,11-12H2,1H3,(H,20,25)(H,21,23)/t14-/m1/s1. The third kappa shape index (κ3) is 4.70. The molecule has 1 aromatic rings. The fourth-order valence-corrected chi connectivity index (χ4v) is 4.85. The topological polar surface area (TPSA) is 113 Å². The van der Waals surface area contributed by atoms with Gasteiger partial charge in [0.25, 0.3) is 10.0 Å². The first-order chi connectivity index (χ1) is 13.3. The monoisotopic (exact) mass is 407 g/mol. The van der Waals surface area contributed by atoms with E-state index < -0.39 is 21.8 Å². The Morgan fingerprint density at radius 3 is 2.32 bits per heavy atom. The first-order valence-corrected chi connectivity index (χ1v) is 11.0. The number of nitrogens with one attached hydrogen (secondary N) is 2. The van der Waals surface area contributed by atoms with Gasteiger partial charge in [-0.25, -0.2) is 13.1 Å². The SMILES string of the molecule is CC(=O)NS(=O)(=O)c1ccc(NC(=O)[C@@H]2CC(=O)N(C3CCCCC3)C2)cc1. The summed E-state index contributed by atoms with van der Waals surface area (Å²) in [6.45, 7) is 1.55. The number of benzene rings is 1. The van der Waals surface area contributed by atoms with E-state index in [0.29, 0.717) is 12.2 Å². The quantitative estimate of drug-likeness (QED) is 0.770. The van der Waals surface area contributed by atoms with E-state index in [4.69, 9.17) is 0 Å². The molecule has 0 spiro atoms. The van der Waals surface area contributed by atoms with Gasteiger partial charge in [-0.2, -0.15) is 0 Å². The van der Waals surface area contributed by atoms with Gasteiger partial charge in [0.2, 0.25) is 17.7 Å². The van der Waals surface area contributed by atoms with Crippen LogP contribution in [0.2, 0.25) is 0 Å². The molecule has 1 atom stereocenters. The van der Waals surface area contributed by atoms with Crippen molar-refractivity contribution in [3.8, 4) is 0 Å². The number of hydrogen-bond acceptors (Lipinski definition) is 5. The van der Waals surface area contributed by atoms with Crippen LogP contribution in [0.25, 0.3) is 0 Å². The van der Waals surface area contributed by atoms with Crippen molar-refractivity contribution in [2.75, 3.05) is 11.9 Å². The number of nitrogens with zero attached hydrogens (tertiary/aromatic N) is 1. The second kappa shape index (κ2) is 8.30. The molecule has 1 saturated carbocycles. The number of rotatable bonds is 5. The van der Waals surface area contributed by atoms with Gasteiger partial charge >= 0.3 is 0 Å². The minimum absolute atomic E-state index is 0.0313. The Kier molecular flexibility index (Phi) is 6.02. The molecule has 0 aromatic heterocycles. The summed E-state index contributed by atoms with van der Waals surface area (Å²) in [7, 11) is -3.91. The van der Waals surface area contributed by atoms with Gasteiger partial charge in [0.05, 0.1) is 10.8 Å². The zero-order valence-electron chi connectivity index (χ0n) is 15.8. The van der Waals surface area contributed by atoms with Crippen LogP contribution >= 0.6 is 0 Å². The Hall–Kier alpha value is -2.42. The molecule has 3 rings (SSSR count). The van der Waals surface area contributed by atoms with Crippen molar-refractivity contribution in [3.05, 3.63) is 24.3 Å². The molecule has 1 heterocycles. The highest BCUT2D eigenvalue weighted by molar-refractivity contribution is 7.90. The number of sulfonamides is 1. The average molecular weight is 407 g/mol. The molecular weight excluding hydrogens is 382 g/mol. The number of hydrogen-bond donors (Lipinski definition) is 2. The van der Waals surface area contributed by atoms with Crippen molar-refractivity contribution in [1.29, 1.82) is 0 Å². The number of carbonyl (C=O) groups excluding carboxylic acids is 3. The molecule has 0 radical (unpaired) electrons. The molecule has 1 aliphatic heterocycles. The molecule has 3 amide bonds. The molecule has 2 aliphatic rings. The summed E-state index contributed by atoms with van der Waals surface area (Å²) in [6, 6.07) is 5.80. The summed E-state index contributed by atoms with van der Waals surface area (Å²) in [5, 5.41) is 2.75. The van der Waals surface area contributed by atoms with E-state index in [1.54, 1.807) is 0 Å². The second-order valence-corrected chi connectivity index (χ2v) is 9.10. The molecule has 0 bridgehead atoms. The Morgan fingerprint density at radius 2 is 1.71 bits per heavy atom. The third-order valence-corrected chi connectivity index (χ3v) is 6.70. The van der Waals surface area contributed by atoms with Crippen LogP contribution in [-0.4, -0.2) is 43.6 Å². The van der Waals surface area contributed by atoms with Crippen LogP contribution in [0.4, 0.5) is 5.69 Å². The van der Waals surface area contributed by atoms with Crippen molar-refractivity contribution in [1.82, 2.24) is 9.62 Å². The molecule has 1 aliphatic carbocycles. The van der Waals surface area contributed by atoms with Crippen molar-refractivity contribution in [2.45, 2.75) is 56.4 Å². The van der Waals surface area contributed by atoms with Crippen molar-refractivity contribution < 1.29 is 22.8 Å². The van der Waals surface area contributed by atoms with Crippen molar-refractivity contribution in [3.63, 3.8) is 0 Å². The maximum Gasteiger partial charge on any atom is 0.264 e. The molecule has 0 unspecified atom stereocenters. The van der Waals surface area contributed by atoms with Gasteiger partial charge in [0.15, 0.2) is 0 Å². The van der Waals surface area contributed by atoms with Gasteiger partial charge in [-0.15, -0.1) is 0 Å². The molecule has 2 N–H and O–H groups in total. The van der Waals surface area contributed by atoms with Crippen LogP contribution in [-0.2, 0) is 24.4 Å². The van der Waals surface area contributed by atoms with Crippen molar-refractivity contribution in [2.24, 2.45) is 5.92 Å². The van der Waals surface area contributed by atoms with Gasteiger partial charge in [-0.1, -0.05) is 19.3 Å². The highest BCUT2D eigenvalue weighted by Crippen LogP contribution is 2.29. The molecule has 9 heteroatoms. The lowest BCUT2D eigenvalue weighted by molar-refractivity contribution is -0.130. The van der Waals surface area contributed by atoms with Crippen LogP contribution in [0.15, 0.2) is 29.2 Å². The first-order valence-electron chi connectivity index (χ1n) is 9.50. The van der Waals surface area contributed by atoms with E-state index in [1.165, 1.54) is 30.7 Å². The van der Waals surface area contributed by atoms with Gasteiger partial charge in [-0.3, -0.25) is 14.4 Å². The molecule has 28 heavy (non-hydrogen) atoms. The fraction of sp³-hybridized carbons (Fsp3) is 0.526. The average Bonchev–Trinajstić information content (AvgIpc) is 3.04. The lowest BCUT2D eigenvalue weighted by Gasteiger charge is -2.31. The predicted molar refractivity (Wildman–Crippen MR) is 103 cm³/mol. The Bertz CT molecular complexity index is 860. The van der Waals surface area contributed by atoms with E-state index in [1.807, 2.05) is 9.62 Å².